The third-order valence-corrected chi connectivity index (χ3v) is 1.89. The molecule has 0 aliphatic heterocycles. The van der Waals surface area contributed by atoms with Crippen molar-refractivity contribution in [2.45, 2.75) is 5.16 Å². The molecule has 2 rings (SSSR count). The summed E-state index contributed by atoms with van der Waals surface area (Å²) in [5.74, 6) is 0.494. The highest BCUT2D eigenvalue weighted by molar-refractivity contribution is 7.98. The van der Waals surface area contributed by atoms with Gasteiger partial charge >= 0.3 is 0 Å². The molecule has 0 saturated carbocycles. The summed E-state index contributed by atoms with van der Waals surface area (Å²) >= 11 is 1.44. The number of hydrogen-bond donors (Lipinski definition) is 0. The Hall–Kier alpha value is -1.23. The maximum atomic E-state index is 4.96. The number of thioether (sulfide) groups is 1. The first-order valence-corrected chi connectivity index (χ1v) is 4.53. The smallest absolute Gasteiger partial charge is 0.261 e. The van der Waals surface area contributed by atoms with Crippen molar-refractivity contribution in [1.82, 2.24) is 10.1 Å². The maximum Gasteiger partial charge on any atom is 0.261 e. The predicted molar refractivity (Wildman–Crippen MR) is 43.8 cm³/mol. The summed E-state index contributed by atoms with van der Waals surface area (Å²) in [5, 5.41) is 4.36. The average molecular weight is 182 g/mol. The minimum absolute atomic E-state index is 0.494. The van der Waals surface area contributed by atoms with Crippen LogP contribution in [0.2, 0.25) is 0 Å². The lowest BCUT2D eigenvalue weighted by atomic mass is 10.3. The quantitative estimate of drug-likeness (QED) is 0.665. The molecule has 2 aromatic rings. The van der Waals surface area contributed by atoms with E-state index in [1.54, 1.807) is 18.6 Å². The summed E-state index contributed by atoms with van der Waals surface area (Å²) in [4.78, 5) is 4.10. The van der Waals surface area contributed by atoms with Crippen LogP contribution in [-0.4, -0.2) is 16.4 Å². The molecule has 0 N–H and O–H groups in total. The first-order valence-electron chi connectivity index (χ1n) is 3.30. The van der Waals surface area contributed by atoms with E-state index >= 15 is 0 Å². The van der Waals surface area contributed by atoms with Crippen LogP contribution in [0, 0.1) is 0 Å². The molecule has 2 aromatic heterocycles. The number of furan rings is 1. The molecule has 0 aromatic carbocycles. The fraction of sp³-hybridized carbons (Fsp3) is 0.143. The Kier molecular flexibility index (Phi) is 1.87. The Bertz CT molecular complexity index is 355. The molecule has 4 nitrogen and oxygen atoms in total. The van der Waals surface area contributed by atoms with Crippen LogP contribution in [0.5, 0.6) is 0 Å². The van der Waals surface area contributed by atoms with Gasteiger partial charge in [-0.1, -0.05) is 11.8 Å². The summed E-state index contributed by atoms with van der Waals surface area (Å²) in [6, 6.07) is 1.78. The summed E-state index contributed by atoms with van der Waals surface area (Å²) in [7, 11) is 0. The molecule has 5 heteroatoms. The molecule has 62 valence electrons. The predicted octanol–water partition coefficient (Wildman–Crippen LogP) is 2.05. The fourth-order valence-corrected chi connectivity index (χ4v) is 1.08. The zero-order valence-electron chi connectivity index (χ0n) is 6.35. The number of nitrogens with zero attached hydrogens (tertiary/aromatic N) is 2. The minimum atomic E-state index is 0.494. The van der Waals surface area contributed by atoms with Crippen molar-refractivity contribution in [1.29, 1.82) is 0 Å². The Labute approximate surface area is 73.0 Å². The van der Waals surface area contributed by atoms with E-state index in [0.717, 1.165) is 5.56 Å². The van der Waals surface area contributed by atoms with Gasteiger partial charge in [0, 0.05) is 0 Å². The molecular formula is C7H6N2O2S. The Morgan fingerprint density at radius 2 is 2.42 bits per heavy atom. The van der Waals surface area contributed by atoms with Crippen molar-refractivity contribution < 1.29 is 8.94 Å². The van der Waals surface area contributed by atoms with Crippen molar-refractivity contribution >= 4 is 11.8 Å². The second-order valence-corrected chi connectivity index (χ2v) is 2.87. The molecule has 0 fully saturated rings. The van der Waals surface area contributed by atoms with Crippen LogP contribution < -0.4 is 0 Å². The van der Waals surface area contributed by atoms with E-state index in [1.807, 2.05) is 6.26 Å². The van der Waals surface area contributed by atoms with E-state index in [1.165, 1.54) is 11.8 Å². The third kappa shape index (κ3) is 1.23. The Morgan fingerprint density at radius 3 is 3.00 bits per heavy atom. The molecule has 0 amide bonds. The monoisotopic (exact) mass is 182 g/mol. The topological polar surface area (TPSA) is 52.1 Å². The van der Waals surface area contributed by atoms with E-state index in [4.69, 9.17) is 8.94 Å². The van der Waals surface area contributed by atoms with Crippen LogP contribution in [-0.2, 0) is 0 Å². The Morgan fingerprint density at radius 1 is 1.50 bits per heavy atom. The molecule has 2 heterocycles. The van der Waals surface area contributed by atoms with E-state index in [-0.39, 0.29) is 0 Å². The molecular weight excluding hydrogens is 176 g/mol. The van der Waals surface area contributed by atoms with Crippen LogP contribution in [0.3, 0.4) is 0 Å². The average Bonchev–Trinajstić information content (AvgIpc) is 2.75. The van der Waals surface area contributed by atoms with Crippen LogP contribution in [0.4, 0.5) is 0 Å². The molecule has 0 saturated heterocycles. The van der Waals surface area contributed by atoms with Gasteiger partial charge in [0.05, 0.1) is 11.8 Å². The van der Waals surface area contributed by atoms with E-state index in [0.29, 0.717) is 11.0 Å². The molecule has 0 aliphatic carbocycles. The van der Waals surface area contributed by atoms with Gasteiger partial charge in [0.25, 0.3) is 5.89 Å². The highest BCUT2D eigenvalue weighted by Gasteiger charge is 2.07. The van der Waals surface area contributed by atoms with E-state index < -0.39 is 0 Å². The molecule has 0 radical (unpaired) electrons. The second-order valence-electron chi connectivity index (χ2n) is 2.10. The molecule has 0 atom stereocenters. The molecule has 0 unspecified atom stereocenters. The van der Waals surface area contributed by atoms with Gasteiger partial charge in [-0.25, -0.2) is 0 Å². The maximum absolute atomic E-state index is 4.96. The zero-order valence-corrected chi connectivity index (χ0v) is 7.17. The highest BCUT2D eigenvalue weighted by Crippen LogP contribution is 2.19. The van der Waals surface area contributed by atoms with Crippen molar-refractivity contribution in [3.63, 3.8) is 0 Å². The SMILES string of the molecule is CSc1noc(-c2ccoc2)n1. The largest absolute Gasteiger partial charge is 0.472 e. The van der Waals surface area contributed by atoms with Crippen molar-refractivity contribution in [3.8, 4) is 11.5 Å². The molecule has 0 bridgehead atoms. The number of hydrogen-bond acceptors (Lipinski definition) is 5. The fourth-order valence-electron chi connectivity index (χ4n) is 0.796. The van der Waals surface area contributed by atoms with Crippen LogP contribution >= 0.6 is 11.8 Å². The highest BCUT2D eigenvalue weighted by atomic mass is 32.2. The summed E-state index contributed by atoms with van der Waals surface area (Å²) in [5.41, 5.74) is 0.808. The van der Waals surface area contributed by atoms with Crippen LogP contribution in [0.15, 0.2) is 32.7 Å². The van der Waals surface area contributed by atoms with Crippen molar-refractivity contribution in [2.24, 2.45) is 0 Å². The van der Waals surface area contributed by atoms with Crippen LogP contribution in [0.1, 0.15) is 0 Å². The second kappa shape index (κ2) is 3.02. The lowest BCUT2D eigenvalue weighted by Gasteiger charge is -1.80. The van der Waals surface area contributed by atoms with Gasteiger partial charge in [0.2, 0.25) is 5.16 Å². The van der Waals surface area contributed by atoms with Crippen LogP contribution in [0.25, 0.3) is 11.5 Å². The van der Waals surface area contributed by atoms with Gasteiger partial charge in [-0.05, 0) is 17.5 Å². The van der Waals surface area contributed by atoms with Gasteiger partial charge in [-0.3, -0.25) is 0 Å². The molecule has 0 aliphatic rings. The van der Waals surface area contributed by atoms with Gasteiger partial charge in [0.1, 0.15) is 6.26 Å². The first-order chi connectivity index (χ1) is 5.90. The van der Waals surface area contributed by atoms with Gasteiger partial charge in [0.15, 0.2) is 0 Å². The van der Waals surface area contributed by atoms with E-state index in [9.17, 15) is 0 Å². The standard InChI is InChI=1S/C7H6N2O2S/c1-12-7-8-6(11-9-7)5-2-3-10-4-5/h2-4H,1H3. The van der Waals surface area contributed by atoms with Gasteiger partial charge in [-0.15, -0.1) is 0 Å². The normalized spacial score (nSPS) is 10.4. The lowest BCUT2D eigenvalue weighted by Crippen LogP contribution is -1.72. The third-order valence-electron chi connectivity index (χ3n) is 1.36. The van der Waals surface area contributed by atoms with Crippen molar-refractivity contribution in [3.05, 3.63) is 18.6 Å². The molecule has 0 spiro atoms. The Balaban J connectivity index is 2.35. The number of rotatable bonds is 2. The van der Waals surface area contributed by atoms with Gasteiger partial charge in [-0.2, -0.15) is 4.98 Å². The van der Waals surface area contributed by atoms with Crippen molar-refractivity contribution in [2.75, 3.05) is 6.26 Å². The summed E-state index contributed by atoms with van der Waals surface area (Å²) in [6.07, 6.45) is 5.03. The number of aromatic nitrogens is 2. The minimum Gasteiger partial charge on any atom is -0.472 e. The lowest BCUT2D eigenvalue weighted by molar-refractivity contribution is 0.414. The summed E-state index contributed by atoms with van der Waals surface area (Å²) in [6.45, 7) is 0. The molecule has 12 heavy (non-hydrogen) atoms. The summed E-state index contributed by atoms with van der Waals surface area (Å²) < 4.78 is 9.84. The first kappa shape index (κ1) is 7.42. The zero-order chi connectivity index (χ0) is 8.39. The van der Waals surface area contributed by atoms with Gasteiger partial charge < -0.3 is 8.94 Å². The van der Waals surface area contributed by atoms with E-state index in [2.05, 4.69) is 10.1 Å².